The van der Waals surface area contributed by atoms with Gasteiger partial charge in [-0.15, -0.1) is 0 Å². The molecular weight excluding hydrogens is 292 g/mol. The van der Waals surface area contributed by atoms with Gasteiger partial charge in [0.1, 0.15) is 6.61 Å². The molecule has 23 heavy (non-hydrogen) atoms. The van der Waals surface area contributed by atoms with E-state index >= 15 is 0 Å². The molecule has 0 radical (unpaired) electrons. The number of esters is 1. The number of unbranched alkanes of at least 4 members (excludes halogenated alkanes) is 9. The Morgan fingerprint density at radius 1 is 0.826 bits per heavy atom. The molecule has 0 aromatic carbocycles. The second kappa shape index (κ2) is 14.9. The van der Waals surface area contributed by atoms with Crippen molar-refractivity contribution in [1.82, 2.24) is 0 Å². The Hall–Kier alpha value is -0.610. The van der Waals surface area contributed by atoms with Crippen molar-refractivity contribution in [3.63, 3.8) is 0 Å². The Bertz CT molecular complexity index is 266. The van der Waals surface area contributed by atoms with Crippen LogP contribution < -0.4 is 0 Å². The van der Waals surface area contributed by atoms with Crippen molar-refractivity contribution < 1.29 is 19.7 Å². The minimum Gasteiger partial charge on any atom is -0.465 e. The van der Waals surface area contributed by atoms with Crippen LogP contribution in [0.15, 0.2) is 0 Å². The van der Waals surface area contributed by atoms with Crippen LogP contribution in [0, 0.1) is 5.41 Å². The summed E-state index contributed by atoms with van der Waals surface area (Å²) in [5.74, 6) is -0.218. The molecule has 0 unspecified atom stereocenters. The van der Waals surface area contributed by atoms with Crippen LogP contribution in [0.1, 0.15) is 90.9 Å². The van der Waals surface area contributed by atoms with Crippen LogP contribution >= 0.6 is 0 Å². The van der Waals surface area contributed by atoms with Crippen molar-refractivity contribution in [2.24, 2.45) is 5.41 Å². The first-order chi connectivity index (χ1) is 11.1. The van der Waals surface area contributed by atoms with Crippen molar-refractivity contribution in [2.75, 3.05) is 19.8 Å². The number of hydrogen-bond donors (Lipinski definition) is 2. The van der Waals surface area contributed by atoms with Gasteiger partial charge in [-0.3, -0.25) is 4.79 Å². The summed E-state index contributed by atoms with van der Waals surface area (Å²) in [6, 6.07) is 0. The van der Waals surface area contributed by atoms with Crippen LogP contribution in [0.4, 0.5) is 0 Å². The van der Waals surface area contributed by atoms with Crippen LogP contribution in [0.25, 0.3) is 0 Å². The minimum atomic E-state index is -0.687. The fourth-order valence-electron chi connectivity index (χ4n) is 2.53. The molecule has 0 saturated heterocycles. The van der Waals surface area contributed by atoms with E-state index in [1.165, 1.54) is 51.4 Å². The van der Waals surface area contributed by atoms with Crippen molar-refractivity contribution in [3.05, 3.63) is 0 Å². The Kier molecular flexibility index (Phi) is 14.6. The van der Waals surface area contributed by atoms with E-state index in [0.717, 1.165) is 12.8 Å². The van der Waals surface area contributed by atoms with Gasteiger partial charge in [0, 0.05) is 6.42 Å². The largest absolute Gasteiger partial charge is 0.465 e. The Morgan fingerprint density at radius 3 is 1.74 bits per heavy atom. The molecule has 0 aromatic rings. The molecule has 0 saturated carbocycles. The molecule has 0 aliphatic rings. The van der Waals surface area contributed by atoms with E-state index < -0.39 is 5.41 Å². The van der Waals surface area contributed by atoms with Gasteiger partial charge in [0.2, 0.25) is 0 Å². The number of aliphatic hydroxyl groups is 2. The lowest BCUT2D eigenvalue weighted by molar-refractivity contribution is -0.149. The summed E-state index contributed by atoms with van der Waals surface area (Å²) in [6.07, 6.45) is 13.4. The highest BCUT2D eigenvalue weighted by atomic mass is 16.5. The molecule has 0 atom stereocenters. The van der Waals surface area contributed by atoms with Gasteiger partial charge < -0.3 is 14.9 Å². The zero-order chi connectivity index (χ0) is 17.4. The number of carbonyl (C=O) groups excluding carboxylic acids is 1. The number of ether oxygens (including phenoxy) is 1. The third-order valence-corrected chi connectivity index (χ3v) is 4.69. The number of hydrogen-bond acceptors (Lipinski definition) is 4. The Labute approximate surface area is 142 Å². The summed E-state index contributed by atoms with van der Waals surface area (Å²) < 4.78 is 5.20. The molecule has 0 aromatic heterocycles. The predicted molar refractivity (Wildman–Crippen MR) is 94.3 cm³/mol. The highest BCUT2D eigenvalue weighted by Gasteiger charge is 2.28. The molecule has 0 rings (SSSR count). The average molecular weight is 331 g/mol. The monoisotopic (exact) mass is 330 g/mol. The van der Waals surface area contributed by atoms with Gasteiger partial charge in [-0.05, 0) is 12.8 Å². The summed E-state index contributed by atoms with van der Waals surface area (Å²) in [7, 11) is 0. The van der Waals surface area contributed by atoms with Crippen LogP contribution in [0.5, 0.6) is 0 Å². The highest BCUT2D eigenvalue weighted by Crippen LogP contribution is 2.21. The van der Waals surface area contributed by atoms with Crippen LogP contribution in [-0.2, 0) is 9.53 Å². The van der Waals surface area contributed by atoms with Gasteiger partial charge in [-0.1, -0.05) is 71.6 Å². The number of aliphatic hydroxyl groups excluding tert-OH is 2. The fraction of sp³-hybridized carbons (Fsp3) is 0.947. The van der Waals surface area contributed by atoms with Crippen LogP contribution in [0.3, 0.4) is 0 Å². The predicted octanol–water partition coefficient (Wildman–Crippen LogP) is 4.22. The lowest BCUT2D eigenvalue weighted by Crippen LogP contribution is -2.35. The highest BCUT2D eigenvalue weighted by molar-refractivity contribution is 5.69. The van der Waals surface area contributed by atoms with Gasteiger partial charge in [0.05, 0.1) is 18.6 Å². The molecule has 0 aliphatic carbocycles. The molecular formula is C19H38O4. The molecule has 0 aliphatic heterocycles. The van der Waals surface area contributed by atoms with Crippen molar-refractivity contribution in [3.8, 4) is 0 Å². The summed E-state index contributed by atoms with van der Waals surface area (Å²) >= 11 is 0. The molecule has 2 N–H and O–H groups in total. The first-order valence-electron chi connectivity index (χ1n) is 9.51. The Morgan fingerprint density at radius 2 is 1.30 bits per heavy atom. The maximum Gasteiger partial charge on any atom is 0.305 e. The summed E-state index contributed by atoms with van der Waals surface area (Å²) in [4.78, 5) is 11.7. The molecule has 138 valence electrons. The van der Waals surface area contributed by atoms with Gasteiger partial charge in [0.15, 0.2) is 0 Å². The van der Waals surface area contributed by atoms with Crippen LogP contribution in [-0.4, -0.2) is 36.0 Å². The van der Waals surface area contributed by atoms with E-state index in [1.807, 2.05) is 6.92 Å². The van der Waals surface area contributed by atoms with Gasteiger partial charge in [0.25, 0.3) is 0 Å². The molecule has 0 amide bonds. The van der Waals surface area contributed by atoms with Crippen molar-refractivity contribution in [1.29, 1.82) is 0 Å². The van der Waals surface area contributed by atoms with Gasteiger partial charge >= 0.3 is 5.97 Å². The van der Waals surface area contributed by atoms with E-state index in [2.05, 4.69) is 6.92 Å². The topological polar surface area (TPSA) is 66.8 Å². The molecule has 0 heterocycles. The van der Waals surface area contributed by atoms with E-state index in [0.29, 0.717) is 12.8 Å². The first kappa shape index (κ1) is 22.4. The third-order valence-electron chi connectivity index (χ3n) is 4.69. The van der Waals surface area contributed by atoms with E-state index in [9.17, 15) is 15.0 Å². The quantitative estimate of drug-likeness (QED) is 0.328. The van der Waals surface area contributed by atoms with E-state index in [-0.39, 0.29) is 25.8 Å². The molecule has 0 bridgehead atoms. The third kappa shape index (κ3) is 11.5. The van der Waals surface area contributed by atoms with Crippen molar-refractivity contribution >= 4 is 5.97 Å². The number of carbonyl (C=O) groups is 1. The van der Waals surface area contributed by atoms with Crippen LogP contribution in [0.2, 0.25) is 0 Å². The lowest BCUT2D eigenvalue weighted by Gasteiger charge is -2.27. The number of rotatable bonds is 16. The first-order valence-corrected chi connectivity index (χ1v) is 9.51. The summed E-state index contributed by atoms with van der Waals surface area (Å²) in [5.41, 5.74) is -0.687. The maximum absolute atomic E-state index is 11.7. The zero-order valence-electron chi connectivity index (χ0n) is 15.3. The van der Waals surface area contributed by atoms with Crippen molar-refractivity contribution in [2.45, 2.75) is 90.9 Å². The summed E-state index contributed by atoms with van der Waals surface area (Å²) in [5, 5.41) is 18.6. The normalized spacial score (nSPS) is 11.7. The van der Waals surface area contributed by atoms with Gasteiger partial charge in [-0.25, -0.2) is 0 Å². The molecule has 4 heteroatoms. The second-order valence-electron chi connectivity index (χ2n) is 6.76. The average Bonchev–Trinajstić information content (AvgIpc) is 2.58. The standard InChI is InChI=1S/C19H38O4/c1-3-5-6-7-8-9-10-11-12-13-14-18(22)23-17-19(4-2,15-20)16-21/h20-21H,3-17H2,1-2H3. The maximum atomic E-state index is 11.7. The van der Waals surface area contributed by atoms with E-state index in [4.69, 9.17) is 4.74 Å². The van der Waals surface area contributed by atoms with Gasteiger partial charge in [-0.2, -0.15) is 0 Å². The molecule has 0 fully saturated rings. The Balaban J connectivity index is 3.50. The lowest BCUT2D eigenvalue weighted by atomic mass is 9.88. The smallest absolute Gasteiger partial charge is 0.305 e. The second-order valence-corrected chi connectivity index (χ2v) is 6.76. The summed E-state index contributed by atoms with van der Waals surface area (Å²) in [6.45, 7) is 3.90. The zero-order valence-corrected chi connectivity index (χ0v) is 15.3. The minimum absolute atomic E-state index is 0.104. The SMILES string of the molecule is CCCCCCCCCCCCC(=O)OCC(CC)(CO)CO. The fourth-order valence-corrected chi connectivity index (χ4v) is 2.53. The molecule has 4 nitrogen and oxygen atoms in total. The molecule has 0 spiro atoms. The van der Waals surface area contributed by atoms with E-state index in [1.54, 1.807) is 0 Å².